The van der Waals surface area contributed by atoms with Gasteiger partial charge in [0.25, 0.3) is 0 Å². The van der Waals surface area contributed by atoms with Crippen molar-refractivity contribution in [2.24, 2.45) is 0 Å². The molecule has 0 bridgehead atoms. The number of nitrogen functional groups attached to an aromatic ring is 1. The average Bonchev–Trinajstić information content (AvgIpc) is 2.41. The zero-order chi connectivity index (χ0) is 15.2. The fourth-order valence-electron chi connectivity index (χ4n) is 1.63. The molecule has 0 fully saturated rings. The van der Waals surface area contributed by atoms with Crippen LogP contribution in [0, 0.1) is 0 Å². The molecule has 20 heavy (non-hydrogen) atoms. The van der Waals surface area contributed by atoms with Crippen molar-refractivity contribution in [3.8, 4) is 5.75 Å². The van der Waals surface area contributed by atoms with Gasteiger partial charge in [-0.25, -0.2) is 8.42 Å². The summed E-state index contributed by atoms with van der Waals surface area (Å²) >= 11 is 0. The van der Waals surface area contributed by atoms with Crippen LogP contribution < -0.4 is 10.5 Å². The lowest BCUT2D eigenvalue weighted by atomic mass is 10.3. The van der Waals surface area contributed by atoms with E-state index >= 15 is 0 Å². The SMILES string of the molecule is CCOCCN(C)S(=O)(=O)c1cc(N)ccc1OCC. The third-order valence-corrected chi connectivity index (χ3v) is 4.59. The number of benzene rings is 1. The largest absolute Gasteiger partial charge is 0.492 e. The van der Waals surface area contributed by atoms with E-state index < -0.39 is 10.0 Å². The molecule has 0 amide bonds. The van der Waals surface area contributed by atoms with E-state index in [0.29, 0.717) is 31.3 Å². The number of anilines is 1. The Bertz CT molecular complexity index is 531. The number of rotatable bonds is 8. The molecular weight excluding hydrogens is 280 g/mol. The number of ether oxygens (including phenoxy) is 2. The predicted molar refractivity (Wildman–Crippen MR) is 78.3 cm³/mol. The summed E-state index contributed by atoms with van der Waals surface area (Å²) in [7, 11) is -2.14. The van der Waals surface area contributed by atoms with Gasteiger partial charge in [0.1, 0.15) is 10.6 Å². The van der Waals surface area contributed by atoms with Gasteiger partial charge < -0.3 is 15.2 Å². The van der Waals surface area contributed by atoms with Crippen LogP contribution in [0.4, 0.5) is 5.69 Å². The van der Waals surface area contributed by atoms with Gasteiger partial charge in [-0.1, -0.05) is 0 Å². The molecule has 0 heterocycles. The van der Waals surface area contributed by atoms with Gasteiger partial charge in [-0.3, -0.25) is 0 Å². The van der Waals surface area contributed by atoms with Crippen molar-refractivity contribution in [2.45, 2.75) is 18.7 Å². The van der Waals surface area contributed by atoms with Gasteiger partial charge >= 0.3 is 0 Å². The molecule has 0 unspecified atom stereocenters. The van der Waals surface area contributed by atoms with Gasteiger partial charge in [0.15, 0.2) is 0 Å². The number of nitrogens with two attached hydrogens (primary N) is 1. The third kappa shape index (κ3) is 4.09. The summed E-state index contributed by atoms with van der Waals surface area (Å²) < 4.78 is 36.8. The van der Waals surface area contributed by atoms with Gasteiger partial charge in [0.2, 0.25) is 10.0 Å². The maximum Gasteiger partial charge on any atom is 0.246 e. The first-order valence-corrected chi connectivity index (χ1v) is 7.93. The second-order valence-corrected chi connectivity index (χ2v) is 6.18. The predicted octanol–water partition coefficient (Wildman–Crippen LogP) is 1.32. The highest BCUT2D eigenvalue weighted by Gasteiger charge is 2.25. The lowest BCUT2D eigenvalue weighted by Gasteiger charge is -2.19. The van der Waals surface area contributed by atoms with Crippen LogP contribution in [-0.2, 0) is 14.8 Å². The van der Waals surface area contributed by atoms with E-state index in [1.54, 1.807) is 19.1 Å². The van der Waals surface area contributed by atoms with E-state index in [-0.39, 0.29) is 11.4 Å². The molecule has 114 valence electrons. The van der Waals surface area contributed by atoms with Crippen molar-refractivity contribution >= 4 is 15.7 Å². The Labute approximate surface area is 120 Å². The summed E-state index contributed by atoms with van der Waals surface area (Å²) in [6.07, 6.45) is 0. The standard InChI is InChI=1S/C13H22N2O4S/c1-4-18-9-8-15(3)20(16,17)13-10-11(14)6-7-12(13)19-5-2/h6-7,10H,4-5,8-9,14H2,1-3H3. The van der Waals surface area contributed by atoms with Crippen molar-refractivity contribution in [2.75, 3.05) is 39.1 Å². The van der Waals surface area contributed by atoms with Crippen LogP contribution in [0.1, 0.15) is 13.8 Å². The summed E-state index contributed by atoms with van der Waals surface area (Å²) in [4.78, 5) is 0.0818. The van der Waals surface area contributed by atoms with E-state index in [2.05, 4.69) is 0 Å². The van der Waals surface area contributed by atoms with Crippen LogP contribution in [0.5, 0.6) is 5.75 Å². The van der Waals surface area contributed by atoms with E-state index in [9.17, 15) is 8.42 Å². The summed E-state index contributed by atoms with van der Waals surface area (Å²) in [5, 5.41) is 0. The molecule has 1 aromatic rings. The molecule has 1 aromatic carbocycles. The molecule has 0 aromatic heterocycles. The molecule has 0 aliphatic carbocycles. The van der Waals surface area contributed by atoms with Gasteiger partial charge in [0, 0.05) is 25.9 Å². The van der Waals surface area contributed by atoms with Crippen LogP contribution in [0.3, 0.4) is 0 Å². The van der Waals surface area contributed by atoms with Crippen molar-refractivity contribution in [3.63, 3.8) is 0 Å². The molecule has 0 spiro atoms. The Balaban J connectivity index is 3.04. The molecule has 0 aliphatic rings. The molecular formula is C13H22N2O4S. The van der Waals surface area contributed by atoms with Crippen molar-refractivity contribution in [1.82, 2.24) is 4.31 Å². The molecule has 0 saturated heterocycles. The first-order valence-electron chi connectivity index (χ1n) is 6.49. The van der Waals surface area contributed by atoms with Crippen LogP contribution in [0.15, 0.2) is 23.1 Å². The Morgan fingerprint density at radius 2 is 1.95 bits per heavy atom. The number of nitrogens with zero attached hydrogens (tertiary/aromatic N) is 1. The van der Waals surface area contributed by atoms with Crippen molar-refractivity contribution in [1.29, 1.82) is 0 Å². The van der Waals surface area contributed by atoms with Gasteiger partial charge in [0.05, 0.1) is 13.2 Å². The fourth-order valence-corrected chi connectivity index (χ4v) is 2.94. The minimum atomic E-state index is -3.65. The maximum absolute atomic E-state index is 12.5. The van der Waals surface area contributed by atoms with Gasteiger partial charge in [-0.05, 0) is 32.0 Å². The summed E-state index contributed by atoms with van der Waals surface area (Å²) in [5.41, 5.74) is 6.06. The first-order chi connectivity index (χ1) is 9.43. The van der Waals surface area contributed by atoms with Crippen LogP contribution in [-0.4, -0.2) is 46.1 Å². The summed E-state index contributed by atoms with van der Waals surface area (Å²) in [6, 6.07) is 4.60. The van der Waals surface area contributed by atoms with Gasteiger partial charge in [-0.15, -0.1) is 0 Å². The number of likely N-dealkylation sites (N-methyl/N-ethyl adjacent to an activating group) is 1. The Morgan fingerprint density at radius 3 is 2.55 bits per heavy atom. The number of sulfonamides is 1. The normalized spacial score (nSPS) is 11.8. The Hall–Kier alpha value is -1.31. The van der Waals surface area contributed by atoms with Crippen LogP contribution in [0.2, 0.25) is 0 Å². The smallest absolute Gasteiger partial charge is 0.246 e. The third-order valence-electron chi connectivity index (χ3n) is 2.71. The second kappa shape index (κ2) is 7.47. The van der Waals surface area contributed by atoms with Crippen LogP contribution in [0.25, 0.3) is 0 Å². The summed E-state index contributed by atoms with van der Waals surface area (Å²) in [5.74, 6) is 0.310. The van der Waals surface area contributed by atoms with E-state index in [0.717, 1.165) is 0 Å². The minimum Gasteiger partial charge on any atom is -0.492 e. The molecule has 6 nitrogen and oxygen atoms in total. The average molecular weight is 302 g/mol. The molecule has 0 atom stereocenters. The zero-order valence-electron chi connectivity index (χ0n) is 12.1. The monoisotopic (exact) mass is 302 g/mol. The highest BCUT2D eigenvalue weighted by molar-refractivity contribution is 7.89. The highest BCUT2D eigenvalue weighted by Crippen LogP contribution is 2.28. The van der Waals surface area contributed by atoms with Crippen molar-refractivity contribution in [3.05, 3.63) is 18.2 Å². The molecule has 0 aliphatic heterocycles. The Morgan fingerprint density at radius 1 is 1.25 bits per heavy atom. The molecule has 7 heteroatoms. The molecule has 0 saturated carbocycles. The lowest BCUT2D eigenvalue weighted by molar-refractivity contribution is 0.138. The number of hydrogen-bond donors (Lipinski definition) is 1. The second-order valence-electron chi connectivity index (χ2n) is 4.16. The van der Waals surface area contributed by atoms with Crippen LogP contribution >= 0.6 is 0 Å². The van der Waals surface area contributed by atoms with Crippen molar-refractivity contribution < 1.29 is 17.9 Å². The molecule has 1 rings (SSSR count). The molecule has 2 N–H and O–H groups in total. The maximum atomic E-state index is 12.5. The van der Waals surface area contributed by atoms with Gasteiger partial charge in [-0.2, -0.15) is 4.31 Å². The fraction of sp³-hybridized carbons (Fsp3) is 0.538. The lowest BCUT2D eigenvalue weighted by Crippen LogP contribution is -2.30. The first kappa shape index (κ1) is 16.7. The minimum absolute atomic E-state index is 0.0818. The van der Waals surface area contributed by atoms with E-state index in [4.69, 9.17) is 15.2 Å². The molecule has 0 radical (unpaired) electrons. The summed E-state index contributed by atoms with van der Waals surface area (Å²) in [6.45, 7) is 5.21. The topological polar surface area (TPSA) is 81.9 Å². The zero-order valence-corrected chi connectivity index (χ0v) is 12.9. The highest BCUT2D eigenvalue weighted by atomic mass is 32.2. The van der Waals surface area contributed by atoms with E-state index in [1.165, 1.54) is 17.4 Å². The Kier molecular flexibility index (Phi) is 6.25. The quantitative estimate of drug-likeness (QED) is 0.578. The number of hydrogen-bond acceptors (Lipinski definition) is 5. The van der Waals surface area contributed by atoms with E-state index in [1.807, 2.05) is 6.92 Å².